The highest BCUT2D eigenvalue weighted by Gasteiger charge is 2.23. The maximum Gasteiger partial charge on any atom is 0.338 e. The third-order valence-corrected chi connectivity index (χ3v) is 5.39. The molecule has 0 aliphatic carbocycles. The first-order valence-corrected chi connectivity index (χ1v) is 8.51. The van der Waals surface area contributed by atoms with E-state index >= 15 is 0 Å². The van der Waals surface area contributed by atoms with Crippen LogP contribution in [0.15, 0.2) is 34.5 Å². The van der Waals surface area contributed by atoms with Crippen LogP contribution in [-0.4, -0.2) is 23.9 Å². The van der Waals surface area contributed by atoms with Crippen LogP contribution in [0.1, 0.15) is 20.8 Å². The van der Waals surface area contributed by atoms with Gasteiger partial charge in [0.1, 0.15) is 0 Å². The maximum atomic E-state index is 11.6. The van der Waals surface area contributed by atoms with Crippen LogP contribution >= 0.6 is 23.1 Å². The largest absolute Gasteiger partial charge is 0.478 e. The van der Waals surface area contributed by atoms with Gasteiger partial charge in [-0.2, -0.15) is 0 Å². The Kier molecular flexibility index (Phi) is 3.72. The van der Waals surface area contributed by atoms with Crippen LogP contribution in [0, 0.1) is 0 Å². The quantitative estimate of drug-likeness (QED) is 0.877. The molecule has 1 aromatic carbocycles. The zero-order chi connectivity index (χ0) is 14.1. The molecular weight excluding hydrogens is 290 g/mol. The van der Waals surface area contributed by atoms with Gasteiger partial charge in [0.2, 0.25) is 0 Å². The SMILES string of the molecule is CSc1cccc(N2CCc3sccc3C2)c1C(=O)O. The fraction of sp³-hybridized carbons (Fsp3) is 0.267. The van der Waals surface area contributed by atoms with Gasteiger partial charge >= 0.3 is 5.97 Å². The van der Waals surface area contributed by atoms with Gasteiger partial charge in [0.15, 0.2) is 0 Å². The van der Waals surface area contributed by atoms with Gasteiger partial charge in [0, 0.05) is 22.9 Å². The number of nitrogens with zero attached hydrogens (tertiary/aromatic N) is 1. The highest BCUT2D eigenvalue weighted by atomic mass is 32.2. The molecule has 3 rings (SSSR count). The van der Waals surface area contributed by atoms with Gasteiger partial charge in [0.05, 0.1) is 11.3 Å². The minimum Gasteiger partial charge on any atom is -0.478 e. The number of thioether (sulfide) groups is 1. The number of carboxylic acid groups (broad SMARTS) is 1. The number of benzene rings is 1. The second-order valence-electron chi connectivity index (χ2n) is 4.70. The van der Waals surface area contributed by atoms with Crippen LogP contribution in [0.5, 0.6) is 0 Å². The standard InChI is InChI=1S/C15H15NO2S2/c1-19-13-4-2-3-11(14(13)15(17)18)16-7-5-12-10(9-16)6-8-20-12/h2-4,6,8H,5,7,9H2,1H3,(H,17,18). The number of hydrogen-bond acceptors (Lipinski definition) is 4. The van der Waals surface area contributed by atoms with E-state index in [4.69, 9.17) is 0 Å². The van der Waals surface area contributed by atoms with Gasteiger partial charge in [-0.3, -0.25) is 0 Å². The molecule has 0 saturated heterocycles. The van der Waals surface area contributed by atoms with Crippen LogP contribution < -0.4 is 4.90 Å². The van der Waals surface area contributed by atoms with Gasteiger partial charge in [-0.25, -0.2) is 4.79 Å². The van der Waals surface area contributed by atoms with Crippen LogP contribution in [0.3, 0.4) is 0 Å². The summed E-state index contributed by atoms with van der Waals surface area (Å²) in [5.41, 5.74) is 2.59. The number of anilines is 1. The first-order valence-electron chi connectivity index (χ1n) is 6.41. The molecule has 0 atom stereocenters. The molecule has 3 nitrogen and oxygen atoms in total. The Hall–Kier alpha value is -1.46. The Labute approximate surface area is 126 Å². The van der Waals surface area contributed by atoms with Crippen molar-refractivity contribution in [3.05, 3.63) is 45.6 Å². The van der Waals surface area contributed by atoms with E-state index in [1.807, 2.05) is 24.5 Å². The summed E-state index contributed by atoms with van der Waals surface area (Å²) in [6.45, 7) is 1.68. The van der Waals surface area contributed by atoms with Gasteiger partial charge in [0.25, 0.3) is 0 Å². The van der Waals surface area contributed by atoms with E-state index < -0.39 is 5.97 Å². The van der Waals surface area contributed by atoms with Gasteiger partial charge in [-0.15, -0.1) is 23.1 Å². The first kappa shape index (κ1) is 13.5. The molecule has 1 N–H and O–H groups in total. The molecule has 1 aliphatic rings. The predicted molar refractivity (Wildman–Crippen MR) is 84.3 cm³/mol. The highest BCUT2D eigenvalue weighted by Crippen LogP contribution is 2.33. The molecule has 1 aromatic heterocycles. The Balaban J connectivity index is 2.01. The van der Waals surface area contributed by atoms with Crippen molar-refractivity contribution >= 4 is 34.8 Å². The molecular formula is C15H15NO2S2. The monoisotopic (exact) mass is 305 g/mol. The molecule has 0 bridgehead atoms. The average Bonchev–Trinajstić information content (AvgIpc) is 2.93. The molecule has 0 spiro atoms. The van der Waals surface area contributed by atoms with Crippen LogP contribution in [0.25, 0.3) is 0 Å². The molecule has 104 valence electrons. The Morgan fingerprint density at radius 1 is 1.40 bits per heavy atom. The van der Waals surface area contributed by atoms with Crippen LogP contribution in [-0.2, 0) is 13.0 Å². The van der Waals surface area contributed by atoms with E-state index in [0.717, 1.165) is 30.1 Å². The number of rotatable bonds is 3. The summed E-state index contributed by atoms with van der Waals surface area (Å²) in [5.74, 6) is -0.846. The van der Waals surface area contributed by atoms with Crippen molar-refractivity contribution in [2.24, 2.45) is 0 Å². The number of fused-ring (bicyclic) bond motifs is 1. The number of hydrogen-bond donors (Lipinski definition) is 1. The van der Waals surface area contributed by atoms with Gasteiger partial charge in [-0.05, 0) is 41.8 Å². The van der Waals surface area contributed by atoms with E-state index in [-0.39, 0.29) is 0 Å². The lowest BCUT2D eigenvalue weighted by Crippen LogP contribution is -2.30. The van der Waals surface area contributed by atoms with Crippen LogP contribution in [0.2, 0.25) is 0 Å². The zero-order valence-electron chi connectivity index (χ0n) is 11.1. The average molecular weight is 305 g/mol. The number of carboxylic acids is 1. The summed E-state index contributed by atoms with van der Waals surface area (Å²) in [6, 6.07) is 7.87. The normalized spacial score (nSPS) is 14.2. The molecule has 5 heteroatoms. The lowest BCUT2D eigenvalue weighted by atomic mass is 10.1. The second kappa shape index (κ2) is 5.50. The third kappa shape index (κ3) is 2.31. The molecule has 1 aliphatic heterocycles. The van der Waals surface area contributed by atoms with E-state index in [9.17, 15) is 9.90 Å². The van der Waals surface area contributed by atoms with Gasteiger partial charge < -0.3 is 10.0 Å². The van der Waals surface area contributed by atoms with Crippen molar-refractivity contribution in [2.75, 3.05) is 17.7 Å². The van der Waals surface area contributed by atoms with Crippen LogP contribution in [0.4, 0.5) is 5.69 Å². The van der Waals surface area contributed by atoms with Gasteiger partial charge in [-0.1, -0.05) is 6.07 Å². The molecule has 0 amide bonds. The summed E-state index contributed by atoms with van der Waals surface area (Å²) in [6.07, 6.45) is 2.91. The smallest absolute Gasteiger partial charge is 0.338 e. The van der Waals surface area contributed by atoms with E-state index in [0.29, 0.717) is 5.56 Å². The van der Waals surface area contributed by atoms with Crippen molar-refractivity contribution in [3.63, 3.8) is 0 Å². The summed E-state index contributed by atoms with van der Waals surface area (Å²) >= 11 is 3.28. The first-order chi connectivity index (χ1) is 9.70. The van der Waals surface area contributed by atoms with E-state index in [2.05, 4.69) is 16.3 Å². The molecule has 0 fully saturated rings. The van der Waals surface area contributed by atoms with E-state index in [1.165, 1.54) is 22.2 Å². The highest BCUT2D eigenvalue weighted by molar-refractivity contribution is 7.98. The molecule has 20 heavy (non-hydrogen) atoms. The minimum absolute atomic E-state index is 0.429. The Bertz CT molecular complexity index is 651. The third-order valence-electron chi connectivity index (χ3n) is 3.59. The lowest BCUT2D eigenvalue weighted by molar-refractivity contribution is 0.0693. The summed E-state index contributed by atoms with van der Waals surface area (Å²) in [4.78, 5) is 16.0. The fourth-order valence-corrected chi connectivity index (χ4v) is 4.12. The molecule has 2 aromatic rings. The number of aromatic carboxylic acids is 1. The lowest BCUT2D eigenvalue weighted by Gasteiger charge is -2.30. The zero-order valence-corrected chi connectivity index (χ0v) is 12.8. The molecule has 0 saturated carbocycles. The van der Waals surface area contributed by atoms with Crippen molar-refractivity contribution in [1.82, 2.24) is 0 Å². The van der Waals surface area contributed by atoms with Crippen molar-refractivity contribution < 1.29 is 9.90 Å². The Morgan fingerprint density at radius 3 is 3.00 bits per heavy atom. The minimum atomic E-state index is -0.846. The second-order valence-corrected chi connectivity index (χ2v) is 6.55. The Morgan fingerprint density at radius 2 is 2.25 bits per heavy atom. The predicted octanol–water partition coefficient (Wildman–Crippen LogP) is 3.73. The fourth-order valence-electron chi connectivity index (χ4n) is 2.62. The van der Waals surface area contributed by atoms with Crippen molar-refractivity contribution in [1.29, 1.82) is 0 Å². The topological polar surface area (TPSA) is 40.5 Å². The van der Waals surface area contributed by atoms with E-state index in [1.54, 1.807) is 11.3 Å². The summed E-state index contributed by atoms with van der Waals surface area (Å²) < 4.78 is 0. The summed E-state index contributed by atoms with van der Waals surface area (Å²) in [5, 5.41) is 11.6. The summed E-state index contributed by atoms with van der Waals surface area (Å²) in [7, 11) is 0. The molecule has 2 heterocycles. The maximum absolute atomic E-state index is 11.6. The number of carbonyl (C=O) groups is 1. The van der Waals surface area contributed by atoms with Crippen molar-refractivity contribution in [3.8, 4) is 0 Å². The molecule has 0 radical (unpaired) electrons. The molecule has 0 unspecified atom stereocenters. The van der Waals surface area contributed by atoms with Crippen molar-refractivity contribution in [2.45, 2.75) is 17.9 Å². The number of thiophene rings is 1.